The van der Waals surface area contributed by atoms with E-state index < -0.39 is 30.1 Å². The summed E-state index contributed by atoms with van der Waals surface area (Å²) >= 11 is 0. The highest BCUT2D eigenvalue weighted by atomic mass is 19.3. The quantitative estimate of drug-likeness (QED) is 0.689. The van der Waals surface area contributed by atoms with Crippen LogP contribution < -0.4 is 11.3 Å². The van der Waals surface area contributed by atoms with Crippen molar-refractivity contribution in [1.29, 1.82) is 0 Å². The summed E-state index contributed by atoms with van der Waals surface area (Å²) in [5.74, 6) is -1.24. The molecule has 1 aromatic rings. The topological polar surface area (TPSA) is 96.2 Å². The fourth-order valence-corrected chi connectivity index (χ4v) is 1.13. The van der Waals surface area contributed by atoms with Crippen LogP contribution in [0.2, 0.25) is 0 Å². The maximum atomic E-state index is 12.3. The molecule has 4 N–H and O–H groups in total. The minimum Gasteiger partial charge on any atom is -0.481 e. The van der Waals surface area contributed by atoms with Gasteiger partial charge in [0.15, 0.2) is 0 Å². The van der Waals surface area contributed by atoms with Crippen molar-refractivity contribution >= 4 is 11.7 Å². The Balaban J connectivity index is 3.28. The lowest BCUT2D eigenvalue weighted by atomic mass is 10.1. The fraction of sp³-hybridized carbons (Fsp3) is 0.250. The molecular formula is C8H8F2N2O3. The molecule has 0 spiro atoms. The first-order valence-corrected chi connectivity index (χ1v) is 3.93. The van der Waals surface area contributed by atoms with Crippen LogP contribution in [0.5, 0.6) is 0 Å². The van der Waals surface area contributed by atoms with Crippen molar-refractivity contribution in [2.45, 2.75) is 12.8 Å². The predicted molar refractivity (Wildman–Crippen MR) is 47.8 cm³/mol. The van der Waals surface area contributed by atoms with Gasteiger partial charge < -0.3 is 15.8 Å². The average molecular weight is 218 g/mol. The third-order valence-corrected chi connectivity index (χ3v) is 1.76. The van der Waals surface area contributed by atoms with Crippen LogP contribution in [0.15, 0.2) is 10.9 Å². The number of nitrogens with two attached hydrogens (primary N) is 1. The number of H-pyrrole nitrogens is 1. The van der Waals surface area contributed by atoms with Crippen molar-refractivity contribution in [2.75, 3.05) is 5.73 Å². The molecule has 0 aromatic carbocycles. The number of rotatable bonds is 3. The third-order valence-electron chi connectivity index (χ3n) is 1.76. The molecule has 1 aromatic heterocycles. The van der Waals surface area contributed by atoms with Crippen LogP contribution in [0.4, 0.5) is 14.5 Å². The Labute approximate surface area is 82.5 Å². The van der Waals surface area contributed by atoms with Crippen LogP contribution >= 0.6 is 0 Å². The third kappa shape index (κ3) is 2.52. The van der Waals surface area contributed by atoms with Crippen LogP contribution in [-0.4, -0.2) is 16.1 Å². The summed E-state index contributed by atoms with van der Waals surface area (Å²) in [5, 5.41) is 8.46. The number of halogens is 2. The van der Waals surface area contributed by atoms with E-state index in [0.29, 0.717) is 0 Å². The molecule has 0 bridgehead atoms. The summed E-state index contributed by atoms with van der Waals surface area (Å²) < 4.78 is 24.7. The number of hydrogen-bond donors (Lipinski definition) is 3. The highest BCUT2D eigenvalue weighted by molar-refractivity contribution is 5.73. The number of nitrogens with one attached hydrogen (secondary N) is 1. The van der Waals surface area contributed by atoms with E-state index in [-0.39, 0.29) is 11.3 Å². The standard InChI is InChI=1S/C8H8F2N2O3/c9-8(10)7-6(11)3(2-5(14)15)1-4(13)12-7/h1,8H,2,11H2,(H,12,13)(H,14,15). The first-order valence-electron chi connectivity index (χ1n) is 3.93. The summed E-state index contributed by atoms with van der Waals surface area (Å²) in [5.41, 5.74) is 3.26. The van der Waals surface area contributed by atoms with Gasteiger partial charge in [0, 0.05) is 6.07 Å². The molecule has 0 aliphatic heterocycles. The van der Waals surface area contributed by atoms with Gasteiger partial charge in [0.25, 0.3) is 6.43 Å². The first-order chi connectivity index (χ1) is 6.91. The predicted octanol–water partition coefficient (Wildman–Crippen LogP) is 0.522. The Morgan fingerprint density at radius 2 is 2.20 bits per heavy atom. The normalized spacial score (nSPS) is 10.6. The van der Waals surface area contributed by atoms with Crippen LogP contribution in [0.3, 0.4) is 0 Å². The van der Waals surface area contributed by atoms with Crippen molar-refractivity contribution in [1.82, 2.24) is 4.98 Å². The second-order valence-electron chi connectivity index (χ2n) is 2.86. The highest BCUT2D eigenvalue weighted by Gasteiger charge is 2.17. The Hall–Kier alpha value is -1.92. The molecule has 15 heavy (non-hydrogen) atoms. The Bertz CT molecular complexity index is 442. The number of carboxylic acids is 1. The molecule has 0 saturated carbocycles. The Kier molecular flexibility index (Phi) is 3.03. The first kappa shape index (κ1) is 11.2. The fourth-order valence-electron chi connectivity index (χ4n) is 1.13. The van der Waals surface area contributed by atoms with Gasteiger partial charge in [-0.05, 0) is 5.56 Å². The van der Waals surface area contributed by atoms with E-state index in [1.807, 2.05) is 4.98 Å². The van der Waals surface area contributed by atoms with Crippen molar-refractivity contribution in [3.8, 4) is 0 Å². The molecule has 82 valence electrons. The molecule has 0 atom stereocenters. The van der Waals surface area contributed by atoms with E-state index in [4.69, 9.17) is 10.8 Å². The maximum Gasteiger partial charge on any atom is 0.307 e. The molecule has 1 rings (SSSR count). The smallest absolute Gasteiger partial charge is 0.307 e. The molecule has 0 radical (unpaired) electrons. The molecule has 5 nitrogen and oxygen atoms in total. The lowest BCUT2D eigenvalue weighted by Gasteiger charge is -2.07. The summed E-state index contributed by atoms with van der Waals surface area (Å²) in [7, 11) is 0. The molecule has 7 heteroatoms. The summed E-state index contributed by atoms with van der Waals surface area (Å²) in [6, 6.07) is 0.898. The van der Waals surface area contributed by atoms with E-state index in [2.05, 4.69) is 0 Å². The van der Waals surface area contributed by atoms with Crippen LogP contribution in [-0.2, 0) is 11.2 Å². The van der Waals surface area contributed by atoms with Gasteiger partial charge in [0.2, 0.25) is 5.56 Å². The van der Waals surface area contributed by atoms with Crippen LogP contribution in [0.25, 0.3) is 0 Å². The number of aliphatic carboxylic acids is 1. The summed E-state index contributed by atoms with van der Waals surface area (Å²) in [4.78, 5) is 23.1. The monoisotopic (exact) mass is 218 g/mol. The van der Waals surface area contributed by atoms with Crippen molar-refractivity contribution in [3.63, 3.8) is 0 Å². The van der Waals surface area contributed by atoms with Gasteiger partial charge >= 0.3 is 5.97 Å². The molecule has 0 unspecified atom stereocenters. The van der Waals surface area contributed by atoms with E-state index in [1.165, 1.54) is 0 Å². The highest BCUT2D eigenvalue weighted by Crippen LogP contribution is 2.24. The van der Waals surface area contributed by atoms with Gasteiger partial charge in [0.05, 0.1) is 12.1 Å². The number of anilines is 1. The summed E-state index contributed by atoms with van der Waals surface area (Å²) in [6.07, 6.45) is -3.50. The summed E-state index contributed by atoms with van der Waals surface area (Å²) in [6.45, 7) is 0. The second kappa shape index (κ2) is 4.07. The molecule has 0 aliphatic rings. The lowest BCUT2D eigenvalue weighted by molar-refractivity contribution is -0.136. The van der Waals surface area contributed by atoms with Gasteiger partial charge in [-0.25, -0.2) is 8.78 Å². The van der Waals surface area contributed by atoms with Crippen LogP contribution in [0, 0.1) is 0 Å². The van der Waals surface area contributed by atoms with E-state index in [9.17, 15) is 18.4 Å². The second-order valence-corrected chi connectivity index (χ2v) is 2.86. The van der Waals surface area contributed by atoms with Gasteiger partial charge in [-0.1, -0.05) is 0 Å². The zero-order valence-corrected chi connectivity index (χ0v) is 7.46. The van der Waals surface area contributed by atoms with Crippen molar-refractivity contribution in [2.24, 2.45) is 0 Å². The van der Waals surface area contributed by atoms with Gasteiger partial charge in [-0.15, -0.1) is 0 Å². The Morgan fingerprint density at radius 1 is 1.60 bits per heavy atom. The van der Waals surface area contributed by atoms with Crippen molar-refractivity contribution < 1.29 is 18.7 Å². The van der Waals surface area contributed by atoms with Gasteiger partial charge in [-0.2, -0.15) is 0 Å². The lowest BCUT2D eigenvalue weighted by Crippen LogP contribution is -2.16. The number of hydrogen-bond acceptors (Lipinski definition) is 3. The molecule has 0 fully saturated rings. The molecule has 0 aliphatic carbocycles. The van der Waals surface area contributed by atoms with Crippen molar-refractivity contribution in [3.05, 3.63) is 27.7 Å². The molecule has 0 saturated heterocycles. The van der Waals surface area contributed by atoms with Gasteiger partial charge in [-0.3, -0.25) is 9.59 Å². The van der Waals surface area contributed by atoms with Gasteiger partial charge in [0.1, 0.15) is 5.69 Å². The number of nitrogen functional groups attached to an aromatic ring is 1. The van der Waals surface area contributed by atoms with E-state index in [0.717, 1.165) is 6.07 Å². The number of aromatic nitrogens is 1. The number of pyridine rings is 1. The number of aromatic amines is 1. The molecule has 0 amide bonds. The number of alkyl halides is 2. The number of carbonyl (C=O) groups is 1. The minimum absolute atomic E-state index is 0.110. The van der Waals surface area contributed by atoms with E-state index >= 15 is 0 Å². The molecule has 1 heterocycles. The SMILES string of the molecule is Nc1c(CC(=O)O)cc(=O)[nH]c1C(F)F. The van der Waals surface area contributed by atoms with E-state index in [1.54, 1.807) is 0 Å². The zero-order valence-electron chi connectivity index (χ0n) is 7.46. The average Bonchev–Trinajstić information content (AvgIpc) is 2.09. The molecular weight excluding hydrogens is 210 g/mol. The maximum absolute atomic E-state index is 12.3. The largest absolute Gasteiger partial charge is 0.481 e. The number of carboxylic acid groups (broad SMARTS) is 1. The van der Waals surface area contributed by atoms with Crippen LogP contribution in [0.1, 0.15) is 17.7 Å². The Morgan fingerprint density at radius 3 is 2.67 bits per heavy atom. The zero-order chi connectivity index (χ0) is 11.6. The minimum atomic E-state index is -2.94.